The number of ether oxygens (including phenoxy) is 2. The lowest BCUT2D eigenvalue weighted by Crippen LogP contribution is -2.29. The van der Waals surface area contributed by atoms with E-state index in [1.54, 1.807) is 36.4 Å². The van der Waals surface area contributed by atoms with Crippen LogP contribution in [0.15, 0.2) is 78.9 Å². The third kappa shape index (κ3) is 4.14. The molecule has 8 heteroatoms. The van der Waals surface area contributed by atoms with Crippen molar-refractivity contribution in [2.75, 3.05) is 12.4 Å². The summed E-state index contributed by atoms with van der Waals surface area (Å²) in [5, 5.41) is 14.8. The predicted molar refractivity (Wildman–Crippen MR) is 129 cm³/mol. The first-order chi connectivity index (χ1) is 17.0. The number of hydrogen-bond donors (Lipinski definition) is 1. The second kappa shape index (κ2) is 9.06. The molecule has 1 aliphatic heterocycles. The van der Waals surface area contributed by atoms with Gasteiger partial charge in [0.25, 0.3) is 5.69 Å². The Bertz CT molecular complexity index is 1370. The number of rotatable bonds is 5. The van der Waals surface area contributed by atoms with Gasteiger partial charge in [0.15, 0.2) is 0 Å². The highest BCUT2D eigenvalue weighted by Crippen LogP contribution is 2.50. The molecule has 0 bridgehead atoms. The van der Waals surface area contributed by atoms with Gasteiger partial charge in [0.2, 0.25) is 0 Å². The molecule has 176 valence electrons. The second-order valence-corrected chi connectivity index (χ2v) is 8.51. The van der Waals surface area contributed by atoms with Crippen LogP contribution in [0.2, 0.25) is 0 Å². The Kier molecular flexibility index (Phi) is 5.78. The number of non-ortho nitro benzene ring substituents is 1. The highest BCUT2D eigenvalue weighted by atomic mass is 16.6. The van der Waals surface area contributed by atoms with Crippen LogP contribution in [-0.2, 0) is 4.74 Å². The minimum absolute atomic E-state index is 0.0469. The number of esters is 2. The number of nitro benzene ring substituents is 1. The highest BCUT2D eigenvalue weighted by Gasteiger charge is 2.38. The first-order valence-electron chi connectivity index (χ1n) is 11.2. The summed E-state index contributed by atoms with van der Waals surface area (Å²) in [5.41, 5.74) is 3.26. The van der Waals surface area contributed by atoms with Gasteiger partial charge in [-0.15, -0.1) is 0 Å². The van der Waals surface area contributed by atoms with Crippen molar-refractivity contribution in [2.45, 2.75) is 18.4 Å². The van der Waals surface area contributed by atoms with Gasteiger partial charge >= 0.3 is 11.9 Å². The number of benzene rings is 3. The molecule has 0 fully saturated rings. The Morgan fingerprint density at radius 3 is 2.66 bits per heavy atom. The molecule has 3 aromatic carbocycles. The van der Waals surface area contributed by atoms with Gasteiger partial charge in [0.05, 0.1) is 23.6 Å². The van der Waals surface area contributed by atoms with Crippen LogP contribution in [0, 0.1) is 16.0 Å². The molecule has 1 aliphatic carbocycles. The Morgan fingerprint density at radius 1 is 1.03 bits per heavy atom. The molecule has 0 spiro atoms. The fourth-order valence-corrected chi connectivity index (χ4v) is 4.88. The molecular formula is C27H22N2O6. The molecule has 0 saturated heterocycles. The molecule has 0 saturated carbocycles. The smallest absolute Gasteiger partial charge is 0.343 e. The fraction of sp³-hybridized carbons (Fsp3) is 0.185. The zero-order chi connectivity index (χ0) is 24.5. The molecular weight excluding hydrogens is 448 g/mol. The summed E-state index contributed by atoms with van der Waals surface area (Å²) < 4.78 is 10.3. The van der Waals surface area contributed by atoms with Crippen LogP contribution in [0.3, 0.4) is 0 Å². The molecule has 8 nitrogen and oxygen atoms in total. The Labute approximate surface area is 201 Å². The SMILES string of the molecule is COC(=O)c1ccccc1OC(=O)c1ccc2c(c1)[C@@H]1C=CC[C@H]1[C@H](c1cccc([N+](=O)[O-])c1)N2. The average molecular weight is 470 g/mol. The van der Waals surface area contributed by atoms with Gasteiger partial charge < -0.3 is 14.8 Å². The minimum Gasteiger partial charge on any atom is -0.465 e. The zero-order valence-electron chi connectivity index (χ0n) is 18.8. The van der Waals surface area contributed by atoms with E-state index in [9.17, 15) is 19.7 Å². The summed E-state index contributed by atoms with van der Waals surface area (Å²) in [6.07, 6.45) is 5.04. The summed E-state index contributed by atoms with van der Waals surface area (Å²) in [4.78, 5) is 35.9. The van der Waals surface area contributed by atoms with Crippen LogP contribution in [0.4, 0.5) is 11.4 Å². The Hall–Kier alpha value is -4.46. The molecule has 0 aromatic heterocycles. The number of hydrogen-bond acceptors (Lipinski definition) is 7. The van der Waals surface area contributed by atoms with E-state index in [-0.39, 0.29) is 39.8 Å². The summed E-state index contributed by atoms with van der Waals surface area (Å²) >= 11 is 0. The number of fused-ring (bicyclic) bond motifs is 3. The molecule has 1 heterocycles. The zero-order valence-corrected chi connectivity index (χ0v) is 18.8. The lowest BCUT2D eigenvalue weighted by Gasteiger charge is -2.37. The van der Waals surface area contributed by atoms with Crippen molar-refractivity contribution in [3.05, 3.63) is 111 Å². The number of anilines is 1. The van der Waals surface area contributed by atoms with Crippen molar-refractivity contribution in [3.63, 3.8) is 0 Å². The first-order valence-corrected chi connectivity index (χ1v) is 11.2. The van der Waals surface area contributed by atoms with Gasteiger partial charge in [-0.05, 0) is 53.8 Å². The number of carbonyl (C=O) groups is 2. The van der Waals surface area contributed by atoms with E-state index in [1.807, 2.05) is 18.2 Å². The normalized spacial score (nSPS) is 19.7. The average Bonchev–Trinajstić information content (AvgIpc) is 3.38. The van der Waals surface area contributed by atoms with Crippen LogP contribution in [0.25, 0.3) is 0 Å². The first kappa shape index (κ1) is 22.3. The van der Waals surface area contributed by atoms with Crippen LogP contribution < -0.4 is 10.1 Å². The maximum Gasteiger partial charge on any atom is 0.343 e. The summed E-state index contributed by atoms with van der Waals surface area (Å²) in [5.74, 6) is -0.844. The molecule has 0 radical (unpaired) electrons. The topological polar surface area (TPSA) is 108 Å². The van der Waals surface area contributed by atoms with Crippen LogP contribution in [-0.4, -0.2) is 24.0 Å². The molecule has 5 rings (SSSR count). The van der Waals surface area contributed by atoms with Gasteiger partial charge in [0.1, 0.15) is 11.3 Å². The van der Waals surface area contributed by atoms with Crippen LogP contribution in [0.1, 0.15) is 50.2 Å². The molecule has 3 atom stereocenters. The third-order valence-corrected chi connectivity index (χ3v) is 6.53. The van der Waals surface area contributed by atoms with Gasteiger partial charge in [-0.25, -0.2) is 9.59 Å². The highest BCUT2D eigenvalue weighted by molar-refractivity contribution is 5.96. The Balaban J connectivity index is 1.44. The van der Waals surface area contributed by atoms with Crippen molar-refractivity contribution in [1.29, 1.82) is 0 Å². The number of nitro groups is 1. The van der Waals surface area contributed by atoms with Crippen molar-refractivity contribution in [2.24, 2.45) is 5.92 Å². The molecule has 0 unspecified atom stereocenters. The summed E-state index contributed by atoms with van der Waals surface area (Å²) in [7, 11) is 1.27. The van der Waals surface area contributed by atoms with Crippen molar-refractivity contribution < 1.29 is 24.0 Å². The number of carbonyl (C=O) groups excluding carboxylic acids is 2. The largest absolute Gasteiger partial charge is 0.465 e. The van der Waals surface area contributed by atoms with Crippen LogP contribution in [0.5, 0.6) is 5.75 Å². The maximum atomic E-state index is 13.0. The van der Waals surface area contributed by atoms with Crippen molar-refractivity contribution in [1.82, 2.24) is 0 Å². The fourth-order valence-electron chi connectivity index (χ4n) is 4.88. The van der Waals surface area contributed by atoms with Crippen molar-refractivity contribution in [3.8, 4) is 5.75 Å². The van der Waals surface area contributed by atoms with Crippen molar-refractivity contribution >= 4 is 23.3 Å². The number of nitrogens with zero attached hydrogens (tertiary/aromatic N) is 1. The minimum atomic E-state index is -0.589. The van der Waals surface area contributed by atoms with Gasteiger partial charge in [-0.3, -0.25) is 10.1 Å². The van der Waals surface area contributed by atoms with E-state index in [4.69, 9.17) is 9.47 Å². The Morgan fingerprint density at radius 2 is 1.86 bits per heavy atom. The summed E-state index contributed by atoms with van der Waals surface area (Å²) in [6.45, 7) is 0. The van der Waals surface area contributed by atoms with E-state index in [0.29, 0.717) is 5.56 Å². The second-order valence-electron chi connectivity index (χ2n) is 8.51. The van der Waals surface area contributed by atoms with E-state index >= 15 is 0 Å². The predicted octanol–water partition coefficient (Wildman–Crippen LogP) is 5.43. The third-order valence-electron chi connectivity index (χ3n) is 6.53. The molecule has 0 amide bonds. The molecule has 2 aliphatic rings. The summed E-state index contributed by atoms with van der Waals surface area (Å²) in [6, 6.07) is 18.3. The number of nitrogens with one attached hydrogen (secondary N) is 1. The molecule has 3 aromatic rings. The lowest BCUT2D eigenvalue weighted by molar-refractivity contribution is -0.384. The van der Waals surface area contributed by atoms with Crippen LogP contribution >= 0.6 is 0 Å². The van der Waals surface area contributed by atoms with E-state index in [1.165, 1.54) is 19.2 Å². The van der Waals surface area contributed by atoms with E-state index < -0.39 is 11.9 Å². The number of para-hydroxylation sites is 1. The lowest BCUT2D eigenvalue weighted by atomic mass is 9.76. The number of methoxy groups -OCH3 is 1. The van der Waals surface area contributed by atoms with E-state index in [0.717, 1.165) is 23.2 Å². The maximum absolute atomic E-state index is 13.0. The van der Waals surface area contributed by atoms with Gasteiger partial charge in [-0.1, -0.05) is 36.4 Å². The monoisotopic (exact) mass is 470 g/mol. The molecule has 35 heavy (non-hydrogen) atoms. The standard InChI is InChI=1S/C27H22N2O6/c1-34-27(31)21-8-2-3-11-24(21)35-26(30)17-12-13-23-22(15-17)19-9-5-10-20(19)25(28-23)16-6-4-7-18(14-16)29(32)33/h2-9,11-15,19-20,25,28H,10H2,1H3/t19-,20-,25+/m1/s1. The number of allylic oxidation sites excluding steroid dienone is 2. The van der Waals surface area contributed by atoms with Gasteiger partial charge in [0, 0.05) is 23.7 Å². The quantitative estimate of drug-likeness (QED) is 0.174. The van der Waals surface area contributed by atoms with E-state index in [2.05, 4.69) is 17.5 Å². The molecule has 1 N–H and O–H groups in total. The van der Waals surface area contributed by atoms with Gasteiger partial charge in [-0.2, -0.15) is 0 Å².